The maximum atomic E-state index is 6.39. The van der Waals surface area contributed by atoms with Crippen molar-refractivity contribution in [1.29, 1.82) is 0 Å². The Balaban J connectivity index is 1.23. The number of thiazole rings is 1. The molecule has 1 N–H and O–H groups in total. The van der Waals surface area contributed by atoms with Crippen molar-refractivity contribution in [3.8, 4) is 17.0 Å². The zero-order valence-corrected chi connectivity index (χ0v) is 19.8. The molecule has 1 saturated carbocycles. The van der Waals surface area contributed by atoms with Crippen molar-refractivity contribution in [3.05, 3.63) is 63.5 Å². The average Bonchev–Trinajstić information content (AvgIpc) is 3.42. The molecule has 2 unspecified atom stereocenters. The van der Waals surface area contributed by atoms with Gasteiger partial charge in [-0.3, -0.25) is 0 Å². The predicted molar refractivity (Wildman–Crippen MR) is 132 cm³/mol. The Bertz CT molecular complexity index is 1150. The van der Waals surface area contributed by atoms with Crippen LogP contribution in [0.25, 0.3) is 11.3 Å². The van der Waals surface area contributed by atoms with Gasteiger partial charge in [0.1, 0.15) is 12.4 Å². The zero-order valence-electron chi connectivity index (χ0n) is 19.0. The van der Waals surface area contributed by atoms with Gasteiger partial charge in [0.25, 0.3) is 0 Å². The van der Waals surface area contributed by atoms with Gasteiger partial charge in [-0.1, -0.05) is 23.8 Å². The number of nitrogens with zero attached hydrogens (tertiary/aromatic N) is 2. The number of aromatic nitrogens is 1. The number of nitrogens with one attached hydrogen (secondary N) is 1. The molecule has 5 heteroatoms. The van der Waals surface area contributed by atoms with Gasteiger partial charge in [0.2, 0.25) is 0 Å². The van der Waals surface area contributed by atoms with Crippen LogP contribution < -0.4 is 15.0 Å². The normalized spacial score (nSPS) is 21.8. The number of rotatable bonds is 5. The second-order valence-electron chi connectivity index (χ2n) is 9.77. The number of hydrogen-bond acceptors (Lipinski definition) is 5. The van der Waals surface area contributed by atoms with Crippen LogP contribution >= 0.6 is 11.3 Å². The highest BCUT2D eigenvalue weighted by Gasteiger charge is 2.42. The van der Waals surface area contributed by atoms with Crippen molar-refractivity contribution < 1.29 is 4.74 Å². The summed E-state index contributed by atoms with van der Waals surface area (Å²) in [5.74, 6) is 2.82. The fourth-order valence-corrected chi connectivity index (χ4v) is 6.25. The standard InChI is InChI=1S/C27H31N3OS/c1-17-3-4-26(31-15-19-10-18(2)24-13-28-7-5-21(24)11-19)23(9-17)25-16-32-27(29-25)30-8-6-20-12-22(20)14-30/h3-4,9-11,16,20,22,28H,5-8,12-15H2,1-2H3. The molecule has 0 radical (unpaired) electrons. The third kappa shape index (κ3) is 3.93. The zero-order chi connectivity index (χ0) is 21.7. The molecular formula is C27H31N3OS. The molecule has 0 bridgehead atoms. The topological polar surface area (TPSA) is 37.4 Å². The van der Waals surface area contributed by atoms with Gasteiger partial charge in [-0.15, -0.1) is 11.3 Å². The van der Waals surface area contributed by atoms with Crippen molar-refractivity contribution in [3.63, 3.8) is 0 Å². The summed E-state index contributed by atoms with van der Waals surface area (Å²) >= 11 is 1.77. The van der Waals surface area contributed by atoms with E-state index in [1.807, 2.05) is 0 Å². The molecule has 32 heavy (non-hydrogen) atoms. The van der Waals surface area contributed by atoms with Crippen molar-refractivity contribution in [2.45, 2.75) is 46.3 Å². The Morgan fingerprint density at radius 3 is 3.03 bits per heavy atom. The van der Waals surface area contributed by atoms with E-state index in [-0.39, 0.29) is 0 Å². The third-order valence-corrected chi connectivity index (χ3v) is 8.26. The van der Waals surface area contributed by atoms with E-state index in [9.17, 15) is 0 Å². The molecule has 3 aliphatic rings. The Kier molecular flexibility index (Phi) is 5.19. The van der Waals surface area contributed by atoms with Crippen LogP contribution in [0.3, 0.4) is 0 Å². The van der Waals surface area contributed by atoms with Crippen LogP contribution in [0.4, 0.5) is 5.13 Å². The predicted octanol–water partition coefficient (Wildman–Crippen LogP) is 5.50. The van der Waals surface area contributed by atoms with Crippen molar-refractivity contribution >= 4 is 16.5 Å². The number of aryl methyl sites for hydroxylation is 2. The van der Waals surface area contributed by atoms with Crippen LogP contribution in [0.2, 0.25) is 0 Å². The van der Waals surface area contributed by atoms with Crippen LogP contribution in [0.5, 0.6) is 5.75 Å². The largest absolute Gasteiger partial charge is 0.488 e. The van der Waals surface area contributed by atoms with Gasteiger partial charge in [-0.25, -0.2) is 4.98 Å². The summed E-state index contributed by atoms with van der Waals surface area (Å²) in [6, 6.07) is 11.1. The highest BCUT2D eigenvalue weighted by atomic mass is 32.1. The number of ether oxygens (including phenoxy) is 1. The Morgan fingerprint density at radius 2 is 2.12 bits per heavy atom. The summed E-state index contributed by atoms with van der Waals surface area (Å²) in [6.45, 7) is 9.32. The van der Waals surface area contributed by atoms with Crippen molar-refractivity contribution in [2.24, 2.45) is 11.8 Å². The summed E-state index contributed by atoms with van der Waals surface area (Å²) in [4.78, 5) is 7.53. The second kappa shape index (κ2) is 8.20. The smallest absolute Gasteiger partial charge is 0.185 e. The minimum atomic E-state index is 0.587. The van der Waals surface area contributed by atoms with E-state index in [1.165, 1.54) is 47.2 Å². The van der Waals surface area contributed by atoms with E-state index in [1.54, 1.807) is 11.3 Å². The quantitative estimate of drug-likeness (QED) is 0.563. The first-order valence-electron chi connectivity index (χ1n) is 11.9. The van der Waals surface area contributed by atoms with Crippen LogP contribution in [0, 0.1) is 25.7 Å². The average molecular weight is 446 g/mol. The number of fused-ring (bicyclic) bond motifs is 2. The maximum Gasteiger partial charge on any atom is 0.185 e. The molecule has 1 aliphatic carbocycles. The Labute approximate surface area is 194 Å². The molecule has 3 heterocycles. The molecule has 2 aromatic carbocycles. The van der Waals surface area contributed by atoms with Crippen molar-refractivity contribution in [2.75, 3.05) is 24.5 Å². The number of anilines is 1. The summed E-state index contributed by atoms with van der Waals surface area (Å²) < 4.78 is 6.39. The molecule has 1 aromatic heterocycles. The summed E-state index contributed by atoms with van der Waals surface area (Å²) in [6.07, 6.45) is 3.84. The summed E-state index contributed by atoms with van der Waals surface area (Å²) in [5.41, 5.74) is 8.91. The molecule has 0 spiro atoms. The van der Waals surface area contributed by atoms with Crippen LogP contribution in [-0.2, 0) is 19.6 Å². The van der Waals surface area contributed by atoms with Crippen LogP contribution in [0.15, 0.2) is 35.7 Å². The SMILES string of the molecule is Cc1ccc(OCc2cc(C)c3c(c2)CCNC3)c(-c2csc(N3CCC4CC4C3)n2)c1. The van der Waals surface area contributed by atoms with Gasteiger partial charge in [0.05, 0.1) is 5.69 Å². The van der Waals surface area contributed by atoms with Gasteiger partial charge in [-0.05, 0) is 85.9 Å². The van der Waals surface area contributed by atoms with Gasteiger partial charge in [0.15, 0.2) is 5.13 Å². The lowest BCUT2D eigenvalue weighted by Gasteiger charge is -2.25. The highest BCUT2D eigenvalue weighted by Crippen LogP contribution is 2.46. The van der Waals surface area contributed by atoms with E-state index in [2.05, 4.69) is 59.8 Å². The number of hydrogen-bond donors (Lipinski definition) is 1. The number of piperidine rings is 1. The van der Waals surface area contributed by atoms with Crippen LogP contribution in [-0.4, -0.2) is 24.6 Å². The Morgan fingerprint density at radius 1 is 1.19 bits per heavy atom. The molecule has 2 aliphatic heterocycles. The highest BCUT2D eigenvalue weighted by molar-refractivity contribution is 7.14. The molecule has 2 fully saturated rings. The second-order valence-corrected chi connectivity index (χ2v) is 10.6. The lowest BCUT2D eigenvalue weighted by atomic mass is 9.94. The Hall–Kier alpha value is -2.37. The fraction of sp³-hybridized carbons (Fsp3) is 0.444. The third-order valence-electron chi connectivity index (χ3n) is 7.36. The maximum absolute atomic E-state index is 6.39. The van der Waals surface area contributed by atoms with Gasteiger partial charge < -0.3 is 15.0 Å². The lowest BCUT2D eigenvalue weighted by molar-refractivity contribution is 0.307. The first-order valence-corrected chi connectivity index (χ1v) is 12.8. The molecule has 1 saturated heterocycles. The van der Waals surface area contributed by atoms with Gasteiger partial charge >= 0.3 is 0 Å². The molecule has 2 atom stereocenters. The molecule has 6 rings (SSSR count). The lowest BCUT2D eigenvalue weighted by Crippen LogP contribution is -2.31. The molecule has 3 aromatic rings. The first-order chi connectivity index (χ1) is 15.6. The van der Waals surface area contributed by atoms with E-state index >= 15 is 0 Å². The number of benzene rings is 2. The van der Waals surface area contributed by atoms with E-state index in [4.69, 9.17) is 9.72 Å². The monoisotopic (exact) mass is 445 g/mol. The van der Waals surface area contributed by atoms with Gasteiger partial charge in [-0.2, -0.15) is 0 Å². The summed E-state index contributed by atoms with van der Waals surface area (Å²) in [5, 5.41) is 6.84. The van der Waals surface area contributed by atoms with E-state index in [0.29, 0.717) is 6.61 Å². The van der Waals surface area contributed by atoms with E-state index in [0.717, 1.165) is 60.0 Å². The molecule has 0 amide bonds. The first kappa shape index (κ1) is 20.3. The minimum Gasteiger partial charge on any atom is -0.488 e. The fourth-order valence-electron chi connectivity index (χ4n) is 5.39. The summed E-state index contributed by atoms with van der Waals surface area (Å²) in [7, 11) is 0. The van der Waals surface area contributed by atoms with E-state index < -0.39 is 0 Å². The van der Waals surface area contributed by atoms with Crippen molar-refractivity contribution in [1.82, 2.24) is 10.3 Å². The van der Waals surface area contributed by atoms with Gasteiger partial charge in [0, 0.05) is 30.6 Å². The molecule has 166 valence electrons. The van der Waals surface area contributed by atoms with Crippen LogP contribution in [0.1, 0.15) is 40.7 Å². The molecular weight excluding hydrogens is 414 g/mol. The molecule has 4 nitrogen and oxygen atoms in total. The minimum absolute atomic E-state index is 0.587.